The largest absolute Gasteiger partial charge is 0.355 e. The minimum Gasteiger partial charge on any atom is -0.355 e. The van der Waals surface area contributed by atoms with Gasteiger partial charge >= 0.3 is 0 Å². The molecule has 1 atom stereocenters. The van der Waals surface area contributed by atoms with E-state index < -0.39 is 0 Å². The minimum atomic E-state index is 0.172. The molecule has 19 heavy (non-hydrogen) atoms. The predicted molar refractivity (Wildman–Crippen MR) is 78.3 cm³/mol. The first kappa shape index (κ1) is 12.2. The highest BCUT2D eigenvalue weighted by atomic mass is 16.1. The number of hydrogen-bond donors (Lipinski definition) is 1. The van der Waals surface area contributed by atoms with Crippen molar-refractivity contribution in [3.05, 3.63) is 47.5 Å². The fourth-order valence-corrected chi connectivity index (χ4v) is 3.07. The summed E-state index contributed by atoms with van der Waals surface area (Å²) >= 11 is 0. The maximum Gasteiger partial charge on any atom is 0.220 e. The van der Waals surface area contributed by atoms with Gasteiger partial charge in [0.2, 0.25) is 5.91 Å². The van der Waals surface area contributed by atoms with Crippen LogP contribution in [0.5, 0.6) is 0 Å². The molecule has 1 amide bonds. The van der Waals surface area contributed by atoms with Crippen LogP contribution in [0.15, 0.2) is 36.4 Å². The number of carbonyl (C=O) groups excluding carboxylic acids is 1. The lowest BCUT2D eigenvalue weighted by molar-refractivity contribution is -0.121. The highest BCUT2D eigenvalue weighted by molar-refractivity contribution is 5.91. The van der Waals surface area contributed by atoms with Crippen molar-refractivity contribution in [2.75, 3.05) is 6.54 Å². The fraction of sp³-hybridized carbons (Fsp3) is 0.353. The number of carbonyl (C=O) groups is 1. The maximum atomic E-state index is 11.6. The summed E-state index contributed by atoms with van der Waals surface area (Å²) in [5.41, 5.74) is 2.81. The van der Waals surface area contributed by atoms with Crippen LogP contribution in [0.1, 0.15) is 36.8 Å². The quantitative estimate of drug-likeness (QED) is 0.889. The zero-order valence-electron chi connectivity index (χ0n) is 11.3. The molecule has 98 valence electrons. The molecule has 0 saturated carbocycles. The third-order valence-corrected chi connectivity index (χ3v) is 3.95. The van der Waals surface area contributed by atoms with Gasteiger partial charge in [-0.25, -0.2) is 0 Å². The van der Waals surface area contributed by atoms with E-state index in [9.17, 15) is 4.79 Å². The van der Waals surface area contributed by atoms with E-state index >= 15 is 0 Å². The van der Waals surface area contributed by atoms with Gasteiger partial charge in [0.25, 0.3) is 0 Å². The second-order valence-electron chi connectivity index (χ2n) is 5.32. The molecule has 0 saturated heterocycles. The first-order chi connectivity index (χ1) is 9.29. The van der Waals surface area contributed by atoms with Crippen molar-refractivity contribution >= 4 is 16.7 Å². The Labute approximate surface area is 113 Å². The molecule has 2 heteroatoms. The Balaban J connectivity index is 1.82. The zero-order chi connectivity index (χ0) is 13.2. The summed E-state index contributed by atoms with van der Waals surface area (Å²) in [6.45, 7) is 2.79. The molecule has 0 aromatic heterocycles. The summed E-state index contributed by atoms with van der Waals surface area (Å²) in [5, 5.41) is 5.78. The van der Waals surface area contributed by atoms with Crippen LogP contribution in [0.4, 0.5) is 0 Å². The number of nitrogens with one attached hydrogen (secondary N) is 1. The lowest BCUT2D eigenvalue weighted by atomic mass is 10.00. The summed E-state index contributed by atoms with van der Waals surface area (Å²) < 4.78 is 0. The van der Waals surface area contributed by atoms with Crippen LogP contribution in [0.2, 0.25) is 0 Å². The van der Waals surface area contributed by atoms with Crippen LogP contribution in [0, 0.1) is 0 Å². The monoisotopic (exact) mass is 253 g/mol. The summed E-state index contributed by atoms with van der Waals surface area (Å²) in [5.74, 6) is 0.604. The van der Waals surface area contributed by atoms with Crippen molar-refractivity contribution in [1.29, 1.82) is 0 Å². The van der Waals surface area contributed by atoms with Crippen molar-refractivity contribution in [3.63, 3.8) is 0 Å². The van der Waals surface area contributed by atoms with Gasteiger partial charge in [0.05, 0.1) is 0 Å². The Bertz CT molecular complexity index is 612. The van der Waals surface area contributed by atoms with E-state index in [0.717, 1.165) is 19.4 Å². The van der Waals surface area contributed by atoms with Crippen molar-refractivity contribution < 1.29 is 4.79 Å². The van der Waals surface area contributed by atoms with Crippen LogP contribution >= 0.6 is 0 Å². The molecule has 0 fully saturated rings. The lowest BCUT2D eigenvalue weighted by Crippen LogP contribution is -2.27. The third-order valence-electron chi connectivity index (χ3n) is 3.95. The zero-order valence-corrected chi connectivity index (χ0v) is 11.3. The number of rotatable bonds is 4. The summed E-state index contributed by atoms with van der Waals surface area (Å²) in [7, 11) is 0. The Morgan fingerprint density at radius 3 is 2.84 bits per heavy atom. The molecular formula is C17H19NO. The normalized spacial score (nSPS) is 16.8. The molecule has 1 aliphatic rings. The molecule has 0 unspecified atom stereocenters. The van der Waals surface area contributed by atoms with E-state index in [1.807, 2.05) is 6.92 Å². The number of benzene rings is 2. The molecule has 0 radical (unpaired) electrons. The SMILES string of the molecule is CCCC(=O)NC[C@@H]1Cc2cccc3cccc1c23. The summed E-state index contributed by atoms with van der Waals surface area (Å²) in [6.07, 6.45) is 2.58. The lowest BCUT2D eigenvalue weighted by Gasteiger charge is -2.12. The van der Waals surface area contributed by atoms with Gasteiger partial charge < -0.3 is 5.32 Å². The van der Waals surface area contributed by atoms with E-state index in [2.05, 4.69) is 41.7 Å². The molecular weight excluding hydrogens is 234 g/mol. The summed E-state index contributed by atoms with van der Waals surface area (Å²) in [6, 6.07) is 13.0. The molecule has 0 bridgehead atoms. The fourth-order valence-electron chi connectivity index (χ4n) is 3.07. The molecule has 1 N–H and O–H groups in total. The highest BCUT2D eigenvalue weighted by Gasteiger charge is 2.24. The molecule has 0 aliphatic heterocycles. The van der Waals surface area contributed by atoms with Crippen LogP contribution in [0.3, 0.4) is 0 Å². The summed E-state index contributed by atoms with van der Waals surface area (Å²) in [4.78, 5) is 11.6. The highest BCUT2D eigenvalue weighted by Crippen LogP contribution is 2.37. The first-order valence-electron chi connectivity index (χ1n) is 7.07. The second-order valence-corrected chi connectivity index (χ2v) is 5.32. The Morgan fingerprint density at radius 2 is 2.05 bits per heavy atom. The van der Waals surface area contributed by atoms with Crippen molar-refractivity contribution in [2.45, 2.75) is 32.1 Å². The minimum absolute atomic E-state index is 0.172. The average molecular weight is 253 g/mol. The topological polar surface area (TPSA) is 29.1 Å². The molecule has 3 rings (SSSR count). The van der Waals surface area contributed by atoms with Crippen LogP contribution in [-0.4, -0.2) is 12.5 Å². The smallest absolute Gasteiger partial charge is 0.220 e. The molecule has 2 nitrogen and oxygen atoms in total. The number of hydrogen-bond acceptors (Lipinski definition) is 1. The molecule has 2 aromatic rings. The molecule has 0 heterocycles. The predicted octanol–water partition coefficient (Wildman–Crippen LogP) is 3.40. The Hall–Kier alpha value is -1.83. The van der Waals surface area contributed by atoms with E-state index in [1.165, 1.54) is 21.9 Å². The first-order valence-corrected chi connectivity index (χ1v) is 7.07. The van der Waals surface area contributed by atoms with Gasteiger partial charge in [-0.1, -0.05) is 43.3 Å². The van der Waals surface area contributed by atoms with E-state index in [4.69, 9.17) is 0 Å². The molecule has 2 aromatic carbocycles. The van der Waals surface area contributed by atoms with Gasteiger partial charge in [-0.2, -0.15) is 0 Å². The van der Waals surface area contributed by atoms with Crippen molar-refractivity contribution in [1.82, 2.24) is 5.32 Å². The van der Waals surface area contributed by atoms with Gasteiger partial charge in [0.15, 0.2) is 0 Å². The van der Waals surface area contributed by atoms with E-state index in [0.29, 0.717) is 12.3 Å². The third kappa shape index (κ3) is 2.23. The van der Waals surface area contributed by atoms with Crippen molar-refractivity contribution in [2.24, 2.45) is 0 Å². The Kier molecular flexibility index (Phi) is 3.24. The maximum absolute atomic E-state index is 11.6. The van der Waals surface area contributed by atoms with Crippen molar-refractivity contribution in [3.8, 4) is 0 Å². The van der Waals surface area contributed by atoms with Gasteiger partial charge in [-0.15, -0.1) is 0 Å². The number of amides is 1. The molecule has 0 spiro atoms. The van der Waals surface area contributed by atoms with Gasteiger partial charge in [0.1, 0.15) is 0 Å². The second kappa shape index (κ2) is 5.04. The van der Waals surface area contributed by atoms with E-state index in [-0.39, 0.29) is 5.91 Å². The van der Waals surface area contributed by atoms with Crippen LogP contribution < -0.4 is 5.32 Å². The Morgan fingerprint density at radius 1 is 1.26 bits per heavy atom. The van der Waals surface area contributed by atoms with Gasteiger partial charge in [-0.3, -0.25) is 4.79 Å². The van der Waals surface area contributed by atoms with Crippen LogP contribution in [-0.2, 0) is 11.2 Å². The van der Waals surface area contributed by atoms with Gasteiger partial charge in [0, 0.05) is 18.9 Å². The average Bonchev–Trinajstić information content (AvgIpc) is 2.78. The van der Waals surface area contributed by atoms with E-state index in [1.54, 1.807) is 0 Å². The standard InChI is InChI=1S/C17H19NO/c1-2-5-16(19)18-11-14-10-13-8-3-6-12-7-4-9-15(14)17(12)13/h3-4,6-9,14H,2,5,10-11H2,1H3,(H,18,19)/t14-/m0/s1. The van der Waals surface area contributed by atoms with Gasteiger partial charge in [-0.05, 0) is 34.7 Å². The molecule has 1 aliphatic carbocycles. The van der Waals surface area contributed by atoms with Crippen LogP contribution in [0.25, 0.3) is 10.8 Å².